The Hall–Kier alpha value is -0.870. The summed E-state index contributed by atoms with van der Waals surface area (Å²) in [6.07, 6.45) is 3.19. The third-order valence-corrected chi connectivity index (χ3v) is 3.94. The van der Waals surface area contributed by atoms with Crippen LogP contribution < -0.4 is 5.73 Å². The van der Waals surface area contributed by atoms with E-state index in [-0.39, 0.29) is 17.7 Å². The van der Waals surface area contributed by atoms with Gasteiger partial charge >= 0.3 is 0 Å². The molecule has 0 spiro atoms. The van der Waals surface area contributed by atoms with Gasteiger partial charge in [0.2, 0.25) is 0 Å². The highest BCUT2D eigenvalue weighted by molar-refractivity contribution is 6.32. The summed E-state index contributed by atoms with van der Waals surface area (Å²) in [6.45, 7) is 5.81. The monoisotopic (exact) mass is 285 g/mol. The Bertz CT molecular complexity index is 440. The third-order valence-electron chi connectivity index (χ3n) is 3.45. The number of aromatic nitrogens is 2. The van der Waals surface area contributed by atoms with Gasteiger partial charge in [0, 0.05) is 19.0 Å². The number of nitrogens with two attached hydrogens (primary N) is 1. The van der Waals surface area contributed by atoms with Crippen molar-refractivity contribution in [2.45, 2.75) is 52.5 Å². The number of carbonyl (C=O) groups is 1. The first-order chi connectivity index (χ1) is 8.82. The molecule has 19 heavy (non-hydrogen) atoms. The van der Waals surface area contributed by atoms with Crippen LogP contribution >= 0.6 is 11.6 Å². The van der Waals surface area contributed by atoms with Gasteiger partial charge in [-0.2, -0.15) is 5.10 Å². The van der Waals surface area contributed by atoms with Crippen LogP contribution in [0.1, 0.15) is 44.5 Å². The minimum atomic E-state index is 0.0463. The van der Waals surface area contributed by atoms with Gasteiger partial charge < -0.3 is 5.73 Å². The Morgan fingerprint density at radius 3 is 2.53 bits per heavy atom. The van der Waals surface area contributed by atoms with E-state index in [0.29, 0.717) is 11.4 Å². The number of carbonyl (C=O) groups excluding carboxylic acids is 1. The molecule has 0 saturated carbocycles. The molecule has 4 nitrogen and oxygen atoms in total. The van der Waals surface area contributed by atoms with Crippen molar-refractivity contribution in [2.24, 2.45) is 18.7 Å². The van der Waals surface area contributed by atoms with Crippen molar-refractivity contribution < 1.29 is 4.79 Å². The van der Waals surface area contributed by atoms with Crippen molar-refractivity contribution in [2.75, 3.05) is 0 Å². The van der Waals surface area contributed by atoms with Crippen molar-refractivity contribution in [3.8, 4) is 0 Å². The molecule has 0 amide bonds. The van der Waals surface area contributed by atoms with Gasteiger partial charge in [-0.15, -0.1) is 0 Å². The van der Waals surface area contributed by atoms with Crippen molar-refractivity contribution in [3.05, 3.63) is 16.4 Å². The van der Waals surface area contributed by atoms with Crippen LogP contribution in [0.2, 0.25) is 5.02 Å². The fraction of sp³-hybridized carbons (Fsp3) is 0.714. The summed E-state index contributed by atoms with van der Waals surface area (Å²) in [7, 11) is 1.82. The van der Waals surface area contributed by atoms with Crippen LogP contribution in [-0.2, 0) is 18.3 Å². The molecule has 2 unspecified atom stereocenters. The SMILES string of the molecule is Cc1nn(C)c(CC(=O)C(C)CCCC(C)N)c1Cl. The average Bonchev–Trinajstić information content (AvgIpc) is 2.55. The molecule has 1 rings (SSSR count). The van der Waals surface area contributed by atoms with Crippen molar-refractivity contribution >= 4 is 17.4 Å². The van der Waals surface area contributed by atoms with E-state index >= 15 is 0 Å². The summed E-state index contributed by atoms with van der Waals surface area (Å²) in [5.74, 6) is 0.264. The number of Topliss-reactive ketones (excluding diaryl/α,β-unsaturated/α-hetero) is 1. The largest absolute Gasteiger partial charge is 0.328 e. The maximum atomic E-state index is 12.2. The maximum absolute atomic E-state index is 12.2. The van der Waals surface area contributed by atoms with Crippen LogP contribution in [0.4, 0.5) is 0 Å². The zero-order valence-electron chi connectivity index (χ0n) is 12.2. The zero-order valence-corrected chi connectivity index (χ0v) is 13.0. The lowest BCUT2D eigenvalue weighted by Gasteiger charge is -2.11. The van der Waals surface area contributed by atoms with E-state index < -0.39 is 0 Å². The molecule has 0 bridgehead atoms. The predicted octanol–water partition coefficient (Wildman–Crippen LogP) is 2.65. The topological polar surface area (TPSA) is 60.9 Å². The number of aryl methyl sites for hydroxylation is 2. The van der Waals surface area contributed by atoms with Gasteiger partial charge in [-0.1, -0.05) is 24.9 Å². The number of rotatable bonds is 7. The number of nitrogens with zero attached hydrogens (tertiary/aromatic N) is 2. The van der Waals surface area contributed by atoms with E-state index in [9.17, 15) is 4.79 Å². The molecular formula is C14H24ClN3O. The first-order valence-electron chi connectivity index (χ1n) is 6.79. The molecule has 5 heteroatoms. The van der Waals surface area contributed by atoms with Crippen LogP contribution in [0.3, 0.4) is 0 Å². The molecule has 0 aliphatic heterocycles. The Balaban J connectivity index is 2.54. The van der Waals surface area contributed by atoms with Crippen LogP contribution in [-0.4, -0.2) is 21.6 Å². The highest BCUT2D eigenvalue weighted by atomic mass is 35.5. The molecule has 0 aliphatic rings. The van der Waals surface area contributed by atoms with Gasteiger partial charge in [0.05, 0.1) is 22.8 Å². The minimum absolute atomic E-state index is 0.0463. The summed E-state index contributed by atoms with van der Waals surface area (Å²) in [6, 6.07) is 0.205. The Morgan fingerprint density at radius 1 is 1.42 bits per heavy atom. The lowest BCUT2D eigenvalue weighted by Crippen LogP contribution is -2.18. The summed E-state index contributed by atoms with van der Waals surface area (Å²) in [5, 5.41) is 4.83. The standard InChI is InChI=1S/C14H24ClN3O/c1-9(6-5-7-10(2)16)13(19)8-12-14(15)11(3)17-18(12)4/h9-10H,5-8,16H2,1-4H3. The molecule has 2 N–H and O–H groups in total. The normalized spacial score (nSPS) is 14.4. The zero-order chi connectivity index (χ0) is 14.6. The highest BCUT2D eigenvalue weighted by Gasteiger charge is 2.19. The first-order valence-corrected chi connectivity index (χ1v) is 7.17. The summed E-state index contributed by atoms with van der Waals surface area (Å²) < 4.78 is 1.70. The number of ketones is 1. The molecule has 108 valence electrons. The second-order valence-electron chi connectivity index (χ2n) is 5.42. The second-order valence-corrected chi connectivity index (χ2v) is 5.80. The molecule has 1 aromatic rings. The molecule has 0 radical (unpaired) electrons. The predicted molar refractivity (Wildman–Crippen MR) is 78.3 cm³/mol. The summed E-state index contributed by atoms with van der Waals surface area (Å²) >= 11 is 6.16. The van der Waals surface area contributed by atoms with E-state index in [1.165, 1.54) is 0 Å². The second kappa shape index (κ2) is 7.06. The van der Waals surface area contributed by atoms with Crippen LogP contribution in [0.15, 0.2) is 0 Å². The van der Waals surface area contributed by atoms with E-state index in [2.05, 4.69) is 5.10 Å². The van der Waals surface area contributed by atoms with Gasteiger partial charge in [-0.25, -0.2) is 0 Å². The van der Waals surface area contributed by atoms with E-state index in [1.807, 2.05) is 27.8 Å². The Kier molecular flexibility index (Phi) is 6.01. The maximum Gasteiger partial charge on any atom is 0.141 e. The number of hydrogen-bond donors (Lipinski definition) is 1. The van der Waals surface area contributed by atoms with Crippen LogP contribution in [0.25, 0.3) is 0 Å². The number of halogens is 1. The lowest BCUT2D eigenvalue weighted by molar-refractivity contribution is -0.122. The molecule has 0 aromatic carbocycles. The van der Waals surface area contributed by atoms with E-state index in [0.717, 1.165) is 30.7 Å². The molecule has 1 heterocycles. The molecule has 0 saturated heterocycles. The van der Waals surface area contributed by atoms with E-state index in [1.54, 1.807) is 4.68 Å². The van der Waals surface area contributed by atoms with Gasteiger partial charge in [-0.3, -0.25) is 9.48 Å². The van der Waals surface area contributed by atoms with Gasteiger partial charge in [0.15, 0.2) is 0 Å². The van der Waals surface area contributed by atoms with Gasteiger partial charge in [0.1, 0.15) is 5.78 Å². The van der Waals surface area contributed by atoms with Gasteiger partial charge in [0.25, 0.3) is 0 Å². The Labute approximate surface area is 120 Å². The summed E-state index contributed by atoms with van der Waals surface area (Å²) in [4.78, 5) is 12.2. The minimum Gasteiger partial charge on any atom is -0.328 e. The molecule has 2 atom stereocenters. The van der Waals surface area contributed by atoms with Gasteiger partial charge in [-0.05, 0) is 26.7 Å². The van der Waals surface area contributed by atoms with Crippen LogP contribution in [0.5, 0.6) is 0 Å². The van der Waals surface area contributed by atoms with Crippen molar-refractivity contribution in [1.29, 1.82) is 0 Å². The quantitative estimate of drug-likeness (QED) is 0.838. The van der Waals surface area contributed by atoms with E-state index in [4.69, 9.17) is 17.3 Å². The van der Waals surface area contributed by atoms with Crippen molar-refractivity contribution in [1.82, 2.24) is 9.78 Å². The number of hydrogen-bond acceptors (Lipinski definition) is 3. The molecule has 1 aromatic heterocycles. The third kappa shape index (κ3) is 4.62. The van der Waals surface area contributed by atoms with Crippen LogP contribution in [0, 0.1) is 12.8 Å². The first kappa shape index (κ1) is 16.2. The smallest absolute Gasteiger partial charge is 0.141 e. The summed E-state index contributed by atoms with van der Waals surface area (Å²) in [5.41, 5.74) is 7.29. The molecule has 0 fully saturated rings. The molecule has 0 aliphatic carbocycles. The highest BCUT2D eigenvalue weighted by Crippen LogP contribution is 2.22. The lowest BCUT2D eigenvalue weighted by atomic mass is 9.95. The Morgan fingerprint density at radius 2 is 2.05 bits per heavy atom. The fourth-order valence-electron chi connectivity index (χ4n) is 2.12. The average molecular weight is 286 g/mol. The van der Waals surface area contributed by atoms with Crippen molar-refractivity contribution in [3.63, 3.8) is 0 Å². The fourth-order valence-corrected chi connectivity index (χ4v) is 2.35. The molecular weight excluding hydrogens is 262 g/mol.